The lowest BCUT2D eigenvalue weighted by atomic mass is 10.2. The van der Waals surface area contributed by atoms with E-state index in [1.807, 2.05) is 30.3 Å². The Labute approximate surface area is 179 Å². The second-order valence-electron chi connectivity index (χ2n) is 6.48. The van der Waals surface area contributed by atoms with Crippen molar-refractivity contribution in [2.75, 3.05) is 19.7 Å². The van der Waals surface area contributed by atoms with Crippen molar-refractivity contribution in [3.63, 3.8) is 0 Å². The first kappa shape index (κ1) is 21.3. The van der Waals surface area contributed by atoms with Crippen LogP contribution in [-0.4, -0.2) is 50.7 Å². The highest BCUT2D eigenvalue weighted by molar-refractivity contribution is 8.26. The van der Waals surface area contributed by atoms with Crippen molar-refractivity contribution in [2.45, 2.75) is 19.4 Å². The molecule has 0 radical (unpaired) electrons. The lowest BCUT2D eigenvalue weighted by molar-refractivity contribution is -0.132. The molecule has 6 nitrogen and oxygen atoms in total. The molecule has 2 aromatic rings. The predicted molar refractivity (Wildman–Crippen MR) is 117 cm³/mol. The third-order valence-corrected chi connectivity index (χ3v) is 5.78. The third kappa shape index (κ3) is 5.79. The van der Waals surface area contributed by atoms with E-state index in [1.165, 1.54) is 16.7 Å². The summed E-state index contributed by atoms with van der Waals surface area (Å²) < 4.78 is 5.73. The van der Waals surface area contributed by atoms with Crippen LogP contribution in [0.15, 0.2) is 58.1 Å². The van der Waals surface area contributed by atoms with Gasteiger partial charge in [0.1, 0.15) is 10.1 Å². The van der Waals surface area contributed by atoms with Crippen LogP contribution in [-0.2, 0) is 16.1 Å². The lowest BCUT2D eigenvalue weighted by Crippen LogP contribution is -2.34. The molecule has 0 spiro atoms. The first-order valence-corrected chi connectivity index (χ1v) is 10.5. The Balaban J connectivity index is 1.53. The third-order valence-electron chi connectivity index (χ3n) is 4.40. The first-order valence-electron chi connectivity index (χ1n) is 9.30. The Hall–Kier alpha value is -2.42. The molecule has 1 aromatic carbocycles. The van der Waals surface area contributed by atoms with Crippen LogP contribution in [0.2, 0.25) is 0 Å². The molecule has 1 saturated heterocycles. The van der Waals surface area contributed by atoms with E-state index >= 15 is 0 Å². The highest BCUT2D eigenvalue weighted by Crippen LogP contribution is 2.32. The largest absolute Gasteiger partial charge is 0.465 e. The molecule has 152 valence electrons. The first-order chi connectivity index (χ1) is 14.1. The van der Waals surface area contributed by atoms with Gasteiger partial charge in [0.05, 0.1) is 17.8 Å². The van der Waals surface area contributed by atoms with E-state index in [0.717, 1.165) is 5.56 Å². The second kappa shape index (κ2) is 10.4. The highest BCUT2D eigenvalue weighted by atomic mass is 32.2. The van der Waals surface area contributed by atoms with Gasteiger partial charge in [-0.25, -0.2) is 0 Å². The van der Waals surface area contributed by atoms with E-state index in [9.17, 15) is 14.7 Å². The second-order valence-corrected chi connectivity index (χ2v) is 8.15. The van der Waals surface area contributed by atoms with Gasteiger partial charge in [0.15, 0.2) is 0 Å². The SMILES string of the molecule is O=C(CCCN1C(=O)/C(=C\c2ccco2)SC1=S)N(CCO)Cc1ccccc1. The summed E-state index contributed by atoms with van der Waals surface area (Å²) in [4.78, 5) is 28.8. The normalized spacial score (nSPS) is 15.3. The number of aliphatic hydroxyl groups is 1. The molecule has 2 heterocycles. The van der Waals surface area contributed by atoms with Crippen molar-refractivity contribution < 1.29 is 19.1 Å². The average molecular weight is 431 g/mol. The number of carbonyl (C=O) groups excluding carboxylic acids is 2. The van der Waals surface area contributed by atoms with Crippen molar-refractivity contribution in [3.05, 3.63) is 65.0 Å². The smallest absolute Gasteiger partial charge is 0.266 e. The van der Waals surface area contributed by atoms with Crippen molar-refractivity contribution in [2.24, 2.45) is 0 Å². The minimum absolute atomic E-state index is 0.0560. The number of aliphatic hydroxyl groups excluding tert-OH is 1. The van der Waals surface area contributed by atoms with Crippen LogP contribution in [0, 0.1) is 0 Å². The molecule has 1 aliphatic rings. The number of hydrogen-bond acceptors (Lipinski definition) is 6. The van der Waals surface area contributed by atoms with Gasteiger partial charge in [-0.3, -0.25) is 14.5 Å². The summed E-state index contributed by atoms with van der Waals surface area (Å²) in [5.41, 5.74) is 1.01. The van der Waals surface area contributed by atoms with Gasteiger partial charge in [0.25, 0.3) is 5.91 Å². The molecular weight excluding hydrogens is 408 g/mol. The number of thioether (sulfide) groups is 1. The summed E-state index contributed by atoms with van der Waals surface area (Å²) in [6, 6.07) is 13.2. The number of carbonyl (C=O) groups is 2. The number of benzene rings is 1. The van der Waals surface area contributed by atoms with Gasteiger partial charge in [-0.15, -0.1) is 0 Å². The van der Waals surface area contributed by atoms with E-state index in [4.69, 9.17) is 16.6 Å². The maximum absolute atomic E-state index is 12.6. The summed E-state index contributed by atoms with van der Waals surface area (Å²) in [6.07, 6.45) is 4.00. The maximum atomic E-state index is 12.6. The zero-order valence-corrected chi connectivity index (χ0v) is 17.5. The molecular formula is C21H22N2O4S2. The van der Waals surface area contributed by atoms with Crippen LogP contribution < -0.4 is 0 Å². The summed E-state index contributed by atoms with van der Waals surface area (Å²) in [5.74, 6) is 0.376. The molecule has 8 heteroatoms. The van der Waals surface area contributed by atoms with Gasteiger partial charge < -0.3 is 14.4 Å². The Kier molecular flexibility index (Phi) is 7.62. The number of nitrogens with zero attached hydrogens (tertiary/aromatic N) is 2. The van der Waals surface area contributed by atoms with Gasteiger partial charge in [-0.1, -0.05) is 54.3 Å². The van der Waals surface area contributed by atoms with Gasteiger partial charge in [-0.05, 0) is 24.1 Å². The van der Waals surface area contributed by atoms with Crippen molar-refractivity contribution in [1.82, 2.24) is 9.80 Å². The van der Waals surface area contributed by atoms with Crippen molar-refractivity contribution >= 4 is 46.2 Å². The molecule has 0 unspecified atom stereocenters. The average Bonchev–Trinajstić information content (AvgIpc) is 3.32. The molecule has 3 rings (SSSR count). The summed E-state index contributed by atoms with van der Waals surface area (Å²) >= 11 is 6.55. The zero-order chi connectivity index (χ0) is 20.6. The van der Waals surface area contributed by atoms with E-state index in [2.05, 4.69) is 0 Å². The van der Waals surface area contributed by atoms with E-state index in [1.54, 1.807) is 29.4 Å². The van der Waals surface area contributed by atoms with Crippen LogP contribution in [0.5, 0.6) is 0 Å². The number of thiocarbonyl (C=S) groups is 1. The summed E-state index contributed by atoms with van der Waals surface area (Å²) in [5, 5.41) is 9.29. The van der Waals surface area contributed by atoms with Crippen LogP contribution in [0.1, 0.15) is 24.2 Å². The summed E-state index contributed by atoms with van der Waals surface area (Å²) in [6.45, 7) is 1.02. The lowest BCUT2D eigenvalue weighted by Gasteiger charge is -2.22. The minimum atomic E-state index is -0.166. The molecule has 0 aliphatic carbocycles. The quantitative estimate of drug-likeness (QED) is 0.486. The van der Waals surface area contributed by atoms with Crippen LogP contribution in [0.25, 0.3) is 6.08 Å². The fourth-order valence-electron chi connectivity index (χ4n) is 2.96. The number of hydrogen-bond donors (Lipinski definition) is 1. The molecule has 1 N–H and O–H groups in total. The van der Waals surface area contributed by atoms with Gasteiger partial charge in [0, 0.05) is 32.1 Å². The fraction of sp³-hybridized carbons (Fsp3) is 0.286. The minimum Gasteiger partial charge on any atom is -0.465 e. The van der Waals surface area contributed by atoms with Gasteiger partial charge in [0.2, 0.25) is 5.91 Å². The Morgan fingerprint density at radius 3 is 2.72 bits per heavy atom. The molecule has 0 saturated carbocycles. The van der Waals surface area contributed by atoms with Crippen LogP contribution >= 0.6 is 24.0 Å². The topological polar surface area (TPSA) is 74.0 Å². The Bertz CT molecular complexity index is 881. The monoisotopic (exact) mass is 430 g/mol. The van der Waals surface area contributed by atoms with Crippen molar-refractivity contribution in [1.29, 1.82) is 0 Å². The number of furan rings is 1. The Morgan fingerprint density at radius 2 is 2.03 bits per heavy atom. The Morgan fingerprint density at radius 1 is 1.24 bits per heavy atom. The van der Waals surface area contributed by atoms with E-state index in [-0.39, 0.29) is 31.4 Å². The van der Waals surface area contributed by atoms with Gasteiger partial charge in [-0.2, -0.15) is 0 Å². The van der Waals surface area contributed by atoms with Crippen molar-refractivity contribution in [3.8, 4) is 0 Å². The zero-order valence-electron chi connectivity index (χ0n) is 15.8. The van der Waals surface area contributed by atoms with Crippen LogP contribution in [0.3, 0.4) is 0 Å². The fourth-order valence-corrected chi connectivity index (χ4v) is 4.25. The van der Waals surface area contributed by atoms with Crippen LogP contribution in [0.4, 0.5) is 0 Å². The molecule has 1 fully saturated rings. The predicted octanol–water partition coefficient (Wildman–Crippen LogP) is 3.28. The van der Waals surface area contributed by atoms with E-state index in [0.29, 0.717) is 34.5 Å². The molecule has 29 heavy (non-hydrogen) atoms. The highest BCUT2D eigenvalue weighted by Gasteiger charge is 2.32. The number of amides is 2. The van der Waals surface area contributed by atoms with Gasteiger partial charge >= 0.3 is 0 Å². The number of rotatable bonds is 9. The standard InChI is InChI=1S/C21H22N2O4S2/c24-12-11-22(15-16-6-2-1-3-7-16)19(25)9-4-10-23-20(26)18(29-21(23)28)14-17-8-5-13-27-17/h1-3,5-8,13-14,24H,4,9-12,15H2/b18-14+. The summed E-state index contributed by atoms with van der Waals surface area (Å²) in [7, 11) is 0. The molecule has 0 bridgehead atoms. The van der Waals surface area contributed by atoms with E-state index < -0.39 is 0 Å². The molecule has 1 aromatic heterocycles. The maximum Gasteiger partial charge on any atom is 0.266 e. The molecule has 0 atom stereocenters. The molecule has 2 amide bonds. The molecule has 1 aliphatic heterocycles.